The second-order valence-corrected chi connectivity index (χ2v) is 7.04. The zero-order chi connectivity index (χ0) is 16.7. The molecule has 0 atom stereocenters. The summed E-state index contributed by atoms with van der Waals surface area (Å²) < 4.78 is 0. The van der Waals surface area contributed by atoms with Crippen molar-refractivity contribution in [2.75, 3.05) is 6.54 Å². The molecule has 1 aromatic heterocycles. The lowest BCUT2D eigenvalue weighted by Gasteiger charge is -2.23. The van der Waals surface area contributed by atoms with E-state index in [1.807, 2.05) is 4.90 Å². The number of carbonyl (C=O) groups excluding carboxylic acids is 1. The summed E-state index contributed by atoms with van der Waals surface area (Å²) >= 11 is 0. The number of aromatic nitrogens is 2. The number of nitrogens with one attached hydrogen (secondary N) is 2. The van der Waals surface area contributed by atoms with Gasteiger partial charge in [0.25, 0.3) is 5.91 Å². The van der Waals surface area contributed by atoms with E-state index in [9.17, 15) is 4.79 Å². The van der Waals surface area contributed by atoms with E-state index in [0.29, 0.717) is 18.3 Å². The molecule has 2 N–H and O–H groups in total. The van der Waals surface area contributed by atoms with Crippen LogP contribution in [0.2, 0.25) is 0 Å². The first-order valence-corrected chi connectivity index (χ1v) is 8.77. The topological polar surface area (TPSA) is 61.0 Å². The maximum Gasteiger partial charge on any atom is 0.275 e. The van der Waals surface area contributed by atoms with Gasteiger partial charge in [0.1, 0.15) is 0 Å². The molecular weight excluding hydrogens is 336 g/mol. The summed E-state index contributed by atoms with van der Waals surface area (Å²) in [7, 11) is 0. The molecule has 1 fully saturated rings. The van der Waals surface area contributed by atoms with Crippen LogP contribution < -0.4 is 5.32 Å². The lowest BCUT2D eigenvalue weighted by atomic mass is 10.0. The number of nitrogens with zero attached hydrogens (tertiary/aromatic N) is 2. The summed E-state index contributed by atoms with van der Waals surface area (Å²) in [6, 6.07) is 6.83. The van der Waals surface area contributed by atoms with E-state index in [0.717, 1.165) is 43.6 Å². The van der Waals surface area contributed by atoms with Crippen LogP contribution in [0.1, 0.15) is 51.3 Å². The van der Waals surface area contributed by atoms with Crippen molar-refractivity contribution in [2.24, 2.45) is 0 Å². The molecule has 2 aromatic rings. The van der Waals surface area contributed by atoms with Gasteiger partial charge in [-0.3, -0.25) is 9.89 Å². The molecule has 0 radical (unpaired) electrons. The van der Waals surface area contributed by atoms with Gasteiger partial charge in [-0.15, -0.1) is 12.4 Å². The number of hydrogen-bond donors (Lipinski definition) is 2. The van der Waals surface area contributed by atoms with Crippen LogP contribution in [0.15, 0.2) is 18.2 Å². The molecule has 0 saturated heterocycles. The molecule has 5 nitrogen and oxygen atoms in total. The maximum atomic E-state index is 13.1. The van der Waals surface area contributed by atoms with E-state index in [1.165, 1.54) is 16.7 Å². The minimum atomic E-state index is 0. The smallest absolute Gasteiger partial charge is 0.275 e. The van der Waals surface area contributed by atoms with Crippen molar-refractivity contribution in [3.05, 3.63) is 51.8 Å². The average Bonchev–Trinajstić information content (AvgIpc) is 3.33. The summed E-state index contributed by atoms with van der Waals surface area (Å²) in [5.74, 6) is 0.0666. The molecule has 2 aliphatic rings. The van der Waals surface area contributed by atoms with Crippen molar-refractivity contribution >= 4 is 18.3 Å². The third-order valence-corrected chi connectivity index (χ3v) is 5.18. The highest BCUT2D eigenvalue weighted by Gasteiger charge is 2.35. The number of hydrogen-bond acceptors (Lipinski definition) is 3. The first-order chi connectivity index (χ1) is 11.6. The van der Waals surface area contributed by atoms with Crippen LogP contribution >= 0.6 is 12.4 Å². The minimum absolute atomic E-state index is 0. The van der Waals surface area contributed by atoms with E-state index in [2.05, 4.69) is 47.6 Å². The summed E-state index contributed by atoms with van der Waals surface area (Å²) in [6.07, 6.45) is 3.11. The molecule has 1 aromatic carbocycles. The van der Waals surface area contributed by atoms with Gasteiger partial charge in [-0.2, -0.15) is 5.10 Å². The van der Waals surface area contributed by atoms with Gasteiger partial charge in [0.05, 0.1) is 0 Å². The summed E-state index contributed by atoms with van der Waals surface area (Å²) in [6.45, 7) is 6.58. The Hall–Kier alpha value is -1.85. The van der Waals surface area contributed by atoms with Gasteiger partial charge in [-0.25, -0.2) is 0 Å². The highest BCUT2D eigenvalue weighted by atomic mass is 35.5. The van der Waals surface area contributed by atoms with Crippen molar-refractivity contribution in [3.63, 3.8) is 0 Å². The summed E-state index contributed by atoms with van der Waals surface area (Å²) in [4.78, 5) is 15.1. The predicted molar refractivity (Wildman–Crippen MR) is 100 cm³/mol. The standard InChI is InChI=1S/C19H24N4O.ClH/c1-12-3-4-14(9-13(12)2)11-23(15-5-6-15)19(24)18-16-10-20-8-7-17(16)21-22-18;/h3-4,9,15,20H,5-8,10-11H2,1-2H3,(H,21,22);1H. The SMILES string of the molecule is Cc1ccc(CN(C(=O)c2n[nH]c3c2CNCC3)C2CC2)cc1C.Cl. The first-order valence-electron chi connectivity index (χ1n) is 8.77. The molecule has 25 heavy (non-hydrogen) atoms. The second-order valence-electron chi connectivity index (χ2n) is 7.04. The fraction of sp³-hybridized carbons (Fsp3) is 0.474. The van der Waals surface area contributed by atoms with E-state index in [1.54, 1.807) is 0 Å². The molecule has 6 heteroatoms. The number of aryl methyl sites for hydroxylation is 2. The Morgan fingerprint density at radius 2 is 2.08 bits per heavy atom. The molecule has 1 aliphatic carbocycles. The fourth-order valence-electron chi connectivity index (χ4n) is 3.39. The number of benzene rings is 1. The molecule has 1 saturated carbocycles. The predicted octanol–water partition coefficient (Wildman–Crippen LogP) is 2.90. The monoisotopic (exact) mass is 360 g/mol. The fourth-order valence-corrected chi connectivity index (χ4v) is 3.39. The van der Waals surface area contributed by atoms with Crippen molar-refractivity contribution in [1.29, 1.82) is 0 Å². The van der Waals surface area contributed by atoms with Gasteiger partial charge in [0.15, 0.2) is 5.69 Å². The number of H-pyrrole nitrogens is 1. The Bertz CT molecular complexity index is 782. The van der Waals surface area contributed by atoms with Crippen LogP contribution in [-0.4, -0.2) is 33.6 Å². The van der Waals surface area contributed by atoms with Crippen LogP contribution in [0, 0.1) is 13.8 Å². The number of carbonyl (C=O) groups is 1. The van der Waals surface area contributed by atoms with Gasteiger partial charge in [-0.1, -0.05) is 18.2 Å². The zero-order valence-corrected chi connectivity index (χ0v) is 15.6. The molecule has 0 unspecified atom stereocenters. The summed E-state index contributed by atoms with van der Waals surface area (Å²) in [5.41, 5.74) is 6.53. The number of aromatic amines is 1. The Morgan fingerprint density at radius 1 is 1.28 bits per heavy atom. The Kier molecular flexibility index (Phi) is 5.16. The average molecular weight is 361 g/mol. The molecule has 0 spiro atoms. The number of halogens is 1. The molecule has 0 bridgehead atoms. The molecule has 4 rings (SSSR count). The number of fused-ring (bicyclic) bond motifs is 1. The van der Waals surface area contributed by atoms with E-state index in [-0.39, 0.29) is 18.3 Å². The van der Waals surface area contributed by atoms with Gasteiger partial charge in [0.2, 0.25) is 0 Å². The van der Waals surface area contributed by atoms with Crippen LogP contribution in [-0.2, 0) is 19.5 Å². The molecule has 2 heterocycles. The van der Waals surface area contributed by atoms with Crippen LogP contribution in [0.3, 0.4) is 0 Å². The highest BCUT2D eigenvalue weighted by Crippen LogP contribution is 2.31. The zero-order valence-electron chi connectivity index (χ0n) is 14.8. The number of amides is 1. The normalized spacial score (nSPS) is 16.1. The Morgan fingerprint density at radius 3 is 2.80 bits per heavy atom. The molecule has 1 amide bonds. The molecular formula is C19H25ClN4O. The van der Waals surface area contributed by atoms with Crippen LogP contribution in [0.5, 0.6) is 0 Å². The maximum absolute atomic E-state index is 13.1. The van der Waals surface area contributed by atoms with Crippen molar-refractivity contribution in [3.8, 4) is 0 Å². The van der Waals surface area contributed by atoms with Crippen molar-refractivity contribution in [2.45, 2.75) is 52.2 Å². The van der Waals surface area contributed by atoms with Gasteiger partial charge >= 0.3 is 0 Å². The van der Waals surface area contributed by atoms with Crippen molar-refractivity contribution in [1.82, 2.24) is 20.4 Å². The lowest BCUT2D eigenvalue weighted by Crippen LogP contribution is -2.34. The van der Waals surface area contributed by atoms with Crippen molar-refractivity contribution < 1.29 is 4.79 Å². The van der Waals surface area contributed by atoms with Gasteiger partial charge in [-0.05, 0) is 43.4 Å². The van der Waals surface area contributed by atoms with E-state index in [4.69, 9.17) is 0 Å². The second kappa shape index (κ2) is 7.18. The van der Waals surface area contributed by atoms with Crippen LogP contribution in [0.25, 0.3) is 0 Å². The van der Waals surface area contributed by atoms with E-state index < -0.39 is 0 Å². The van der Waals surface area contributed by atoms with E-state index >= 15 is 0 Å². The first kappa shape index (κ1) is 18.0. The Balaban J connectivity index is 0.00000182. The molecule has 134 valence electrons. The third kappa shape index (κ3) is 3.58. The number of rotatable bonds is 4. The molecule has 1 aliphatic heterocycles. The lowest BCUT2D eigenvalue weighted by molar-refractivity contribution is 0.0722. The quantitative estimate of drug-likeness (QED) is 0.881. The van der Waals surface area contributed by atoms with Crippen LogP contribution in [0.4, 0.5) is 0 Å². The van der Waals surface area contributed by atoms with Gasteiger partial charge < -0.3 is 10.2 Å². The highest BCUT2D eigenvalue weighted by molar-refractivity contribution is 5.94. The largest absolute Gasteiger partial charge is 0.330 e. The minimum Gasteiger partial charge on any atom is -0.330 e. The Labute approximate surface area is 154 Å². The summed E-state index contributed by atoms with van der Waals surface area (Å²) in [5, 5.41) is 10.7. The van der Waals surface area contributed by atoms with Gasteiger partial charge in [0, 0.05) is 43.4 Å². The third-order valence-electron chi connectivity index (χ3n) is 5.18.